The highest BCUT2D eigenvalue weighted by Gasteiger charge is 2.18. The maximum absolute atomic E-state index is 11.2. The van der Waals surface area contributed by atoms with Crippen LogP contribution >= 0.6 is 0 Å². The predicted molar refractivity (Wildman–Crippen MR) is 76.2 cm³/mol. The number of carbonyl (C=O) groups is 1. The highest BCUT2D eigenvalue weighted by Crippen LogP contribution is 2.30. The van der Waals surface area contributed by atoms with Gasteiger partial charge in [0.05, 0.1) is 12.2 Å². The van der Waals surface area contributed by atoms with Gasteiger partial charge >= 0.3 is 5.97 Å². The van der Waals surface area contributed by atoms with Gasteiger partial charge in [-0.15, -0.1) is 0 Å². The third-order valence-electron chi connectivity index (χ3n) is 3.98. The Morgan fingerprint density at radius 3 is 2.70 bits per heavy atom. The van der Waals surface area contributed by atoms with Gasteiger partial charge in [-0.3, -0.25) is 0 Å². The van der Waals surface area contributed by atoms with E-state index in [1.54, 1.807) is 6.07 Å². The van der Waals surface area contributed by atoms with Gasteiger partial charge in [0, 0.05) is 17.0 Å². The number of aromatic carboxylic acids is 1. The fraction of sp³-hybridized carbons (Fsp3) is 0.375. The van der Waals surface area contributed by atoms with E-state index in [1.165, 1.54) is 25.5 Å². The lowest BCUT2D eigenvalue weighted by Gasteiger charge is -2.24. The van der Waals surface area contributed by atoms with Crippen molar-refractivity contribution in [3.8, 4) is 5.88 Å². The molecule has 1 heterocycles. The number of ether oxygens (including phenoxy) is 1. The third-order valence-corrected chi connectivity index (χ3v) is 3.98. The number of hydrogen-bond donors (Lipinski definition) is 1. The van der Waals surface area contributed by atoms with Gasteiger partial charge in [-0.1, -0.05) is 37.5 Å². The highest BCUT2D eigenvalue weighted by atomic mass is 16.5. The molecular weight excluding hydrogens is 254 g/mol. The molecule has 20 heavy (non-hydrogen) atoms. The van der Waals surface area contributed by atoms with Crippen molar-refractivity contribution in [1.82, 2.24) is 4.98 Å². The molecule has 1 aromatic carbocycles. The summed E-state index contributed by atoms with van der Waals surface area (Å²) in [5.74, 6) is 0.360. The van der Waals surface area contributed by atoms with Crippen molar-refractivity contribution in [1.29, 1.82) is 0 Å². The molecule has 3 rings (SSSR count). The summed E-state index contributed by atoms with van der Waals surface area (Å²) in [6.45, 7) is 0.647. The Hall–Kier alpha value is -2.10. The van der Waals surface area contributed by atoms with E-state index in [0.29, 0.717) is 17.9 Å². The number of fused-ring (bicyclic) bond motifs is 1. The van der Waals surface area contributed by atoms with Crippen LogP contribution in [0, 0.1) is 5.92 Å². The fourth-order valence-electron chi connectivity index (χ4n) is 2.56. The standard InChI is InChI=1S/C16H17NO3/c18-16(19)14-10-17-15(13-7-2-1-6-12(13)14)20-9-8-11-4-3-5-11/h1-2,6-7,10-11H,3-5,8-9H2,(H,18,19). The topological polar surface area (TPSA) is 59.4 Å². The molecule has 104 valence electrons. The fourth-order valence-corrected chi connectivity index (χ4v) is 2.56. The molecule has 0 bridgehead atoms. The number of nitrogens with zero attached hydrogens (tertiary/aromatic N) is 1. The van der Waals surface area contributed by atoms with Gasteiger partial charge in [-0.05, 0) is 18.4 Å². The van der Waals surface area contributed by atoms with Crippen LogP contribution in [0.5, 0.6) is 5.88 Å². The van der Waals surface area contributed by atoms with E-state index in [-0.39, 0.29) is 5.56 Å². The highest BCUT2D eigenvalue weighted by molar-refractivity contribution is 6.04. The smallest absolute Gasteiger partial charge is 0.337 e. The van der Waals surface area contributed by atoms with Gasteiger partial charge < -0.3 is 9.84 Å². The Balaban J connectivity index is 1.83. The lowest BCUT2D eigenvalue weighted by molar-refractivity contribution is 0.0698. The Morgan fingerprint density at radius 1 is 1.30 bits per heavy atom. The number of pyridine rings is 1. The first-order valence-corrected chi connectivity index (χ1v) is 6.99. The quantitative estimate of drug-likeness (QED) is 0.904. The number of aromatic nitrogens is 1. The van der Waals surface area contributed by atoms with E-state index in [9.17, 15) is 9.90 Å². The Kier molecular flexibility index (Phi) is 3.54. The van der Waals surface area contributed by atoms with E-state index < -0.39 is 5.97 Å². The van der Waals surface area contributed by atoms with Gasteiger partial charge in [-0.25, -0.2) is 9.78 Å². The van der Waals surface area contributed by atoms with Crippen LogP contribution in [0.4, 0.5) is 0 Å². The molecule has 0 aliphatic heterocycles. The minimum Gasteiger partial charge on any atom is -0.478 e. The molecular formula is C16H17NO3. The average molecular weight is 271 g/mol. The van der Waals surface area contributed by atoms with Crippen LogP contribution in [0.2, 0.25) is 0 Å². The molecule has 0 spiro atoms. The van der Waals surface area contributed by atoms with E-state index >= 15 is 0 Å². The van der Waals surface area contributed by atoms with Gasteiger partial charge in [0.15, 0.2) is 0 Å². The largest absolute Gasteiger partial charge is 0.478 e. The predicted octanol–water partition coefficient (Wildman–Crippen LogP) is 3.50. The number of benzene rings is 1. The second kappa shape index (κ2) is 5.49. The van der Waals surface area contributed by atoms with Gasteiger partial charge in [0.2, 0.25) is 5.88 Å². The third kappa shape index (κ3) is 2.46. The summed E-state index contributed by atoms with van der Waals surface area (Å²) in [5, 5.41) is 10.6. The minimum absolute atomic E-state index is 0.215. The van der Waals surface area contributed by atoms with E-state index in [2.05, 4.69) is 4.98 Å². The zero-order chi connectivity index (χ0) is 13.9. The van der Waals surface area contributed by atoms with Crippen molar-refractivity contribution in [3.63, 3.8) is 0 Å². The van der Waals surface area contributed by atoms with Gasteiger partial charge in [0.25, 0.3) is 0 Å². The molecule has 1 aromatic heterocycles. The van der Waals surface area contributed by atoms with Crippen LogP contribution in [0.15, 0.2) is 30.5 Å². The van der Waals surface area contributed by atoms with Gasteiger partial charge in [0.1, 0.15) is 0 Å². The molecule has 1 fully saturated rings. The number of hydrogen-bond acceptors (Lipinski definition) is 3. The van der Waals surface area contributed by atoms with Crippen molar-refractivity contribution < 1.29 is 14.6 Å². The van der Waals surface area contributed by atoms with E-state index in [0.717, 1.165) is 17.7 Å². The number of carboxylic acid groups (broad SMARTS) is 1. The number of rotatable bonds is 5. The van der Waals surface area contributed by atoms with Gasteiger partial charge in [-0.2, -0.15) is 0 Å². The maximum Gasteiger partial charge on any atom is 0.337 e. The van der Waals surface area contributed by atoms with Crippen molar-refractivity contribution in [2.45, 2.75) is 25.7 Å². The summed E-state index contributed by atoms with van der Waals surface area (Å²) >= 11 is 0. The molecule has 0 atom stereocenters. The first kappa shape index (κ1) is 12.9. The number of carboxylic acids is 1. The van der Waals surface area contributed by atoms with Crippen LogP contribution in [0.1, 0.15) is 36.0 Å². The molecule has 0 unspecified atom stereocenters. The average Bonchev–Trinajstić information content (AvgIpc) is 2.41. The van der Waals surface area contributed by atoms with E-state index in [4.69, 9.17) is 4.74 Å². The van der Waals surface area contributed by atoms with Crippen LogP contribution < -0.4 is 4.74 Å². The summed E-state index contributed by atoms with van der Waals surface area (Å²) in [7, 11) is 0. The van der Waals surface area contributed by atoms with Crippen molar-refractivity contribution in [3.05, 3.63) is 36.0 Å². The second-order valence-corrected chi connectivity index (χ2v) is 5.26. The maximum atomic E-state index is 11.2. The SMILES string of the molecule is O=C(O)c1cnc(OCCC2CCC2)c2ccccc12. The Labute approximate surface area is 117 Å². The summed E-state index contributed by atoms with van der Waals surface area (Å²) < 4.78 is 5.76. The second-order valence-electron chi connectivity index (χ2n) is 5.26. The van der Waals surface area contributed by atoms with Crippen LogP contribution in [-0.4, -0.2) is 22.7 Å². The lowest BCUT2D eigenvalue weighted by Crippen LogP contribution is -2.15. The summed E-state index contributed by atoms with van der Waals surface area (Å²) in [6.07, 6.45) is 6.37. The summed E-state index contributed by atoms with van der Waals surface area (Å²) in [5.41, 5.74) is 0.215. The molecule has 1 saturated carbocycles. The molecule has 1 aliphatic rings. The van der Waals surface area contributed by atoms with E-state index in [1.807, 2.05) is 18.2 Å². The zero-order valence-corrected chi connectivity index (χ0v) is 11.2. The molecule has 2 aromatic rings. The first-order chi connectivity index (χ1) is 9.75. The van der Waals surface area contributed by atoms with Crippen molar-refractivity contribution in [2.24, 2.45) is 5.92 Å². The lowest BCUT2D eigenvalue weighted by atomic mass is 9.83. The summed E-state index contributed by atoms with van der Waals surface area (Å²) in [4.78, 5) is 15.4. The van der Waals surface area contributed by atoms with Crippen LogP contribution in [0.3, 0.4) is 0 Å². The Bertz CT molecular complexity index is 635. The van der Waals surface area contributed by atoms with Crippen LogP contribution in [-0.2, 0) is 0 Å². The molecule has 1 N–H and O–H groups in total. The summed E-state index contributed by atoms with van der Waals surface area (Å²) in [6, 6.07) is 7.34. The molecule has 4 heteroatoms. The molecule has 1 aliphatic carbocycles. The monoisotopic (exact) mass is 271 g/mol. The molecule has 4 nitrogen and oxygen atoms in total. The normalized spacial score (nSPS) is 15.0. The van der Waals surface area contributed by atoms with Crippen LogP contribution in [0.25, 0.3) is 10.8 Å². The zero-order valence-electron chi connectivity index (χ0n) is 11.2. The first-order valence-electron chi connectivity index (χ1n) is 6.99. The molecule has 0 saturated heterocycles. The minimum atomic E-state index is -0.963. The van der Waals surface area contributed by atoms with Crippen molar-refractivity contribution in [2.75, 3.05) is 6.61 Å². The molecule has 0 amide bonds. The molecule has 0 radical (unpaired) electrons. The Morgan fingerprint density at radius 2 is 2.05 bits per heavy atom. The van der Waals surface area contributed by atoms with Crippen molar-refractivity contribution >= 4 is 16.7 Å².